The SMILES string of the molecule is Cc1nc2n(C)c(C)cn2c(=O)c1CCBr. The van der Waals surface area contributed by atoms with Crippen LogP contribution in [0.25, 0.3) is 5.78 Å². The molecule has 0 saturated carbocycles. The number of aryl methyl sites for hydroxylation is 3. The van der Waals surface area contributed by atoms with Gasteiger partial charge in [0.05, 0.1) is 5.69 Å². The lowest BCUT2D eigenvalue weighted by Gasteiger charge is -2.04. The Bertz CT molecular complexity index is 597. The van der Waals surface area contributed by atoms with Crippen LogP contribution < -0.4 is 5.56 Å². The van der Waals surface area contributed by atoms with E-state index in [-0.39, 0.29) is 5.56 Å². The molecule has 86 valence electrons. The molecule has 2 aromatic rings. The number of halogens is 1. The minimum Gasteiger partial charge on any atom is -0.317 e. The average molecular weight is 284 g/mol. The van der Waals surface area contributed by atoms with E-state index in [2.05, 4.69) is 20.9 Å². The maximum absolute atomic E-state index is 12.2. The maximum Gasteiger partial charge on any atom is 0.262 e. The van der Waals surface area contributed by atoms with Crippen LogP contribution in [0, 0.1) is 13.8 Å². The minimum absolute atomic E-state index is 0.0469. The zero-order valence-electron chi connectivity index (χ0n) is 9.62. The summed E-state index contributed by atoms with van der Waals surface area (Å²) in [6.07, 6.45) is 2.55. The Labute approximate surface area is 102 Å². The first-order valence-electron chi connectivity index (χ1n) is 5.16. The highest BCUT2D eigenvalue weighted by atomic mass is 79.9. The summed E-state index contributed by atoms with van der Waals surface area (Å²) in [5, 5.41) is 0.780. The zero-order valence-corrected chi connectivity index (χ0v) is 11.2. The standard InChI is InChI=1S/C11H14BrN3O/c1-7-6-15-10(16)9(4-5-12)8(2)13-11(15)14(7)3/h6H,4-5H2,1-3H3. The molecule has 2 rings (SSSR count). The van der Waals surface area contributed by atoms with Gasteiger partial charge in [-0.15, -0.1) is 0 Å². The Balaban J connectivity index is 2.84. The smallest absolute Gasteiger partial charge is 0.262 e. The van der Waals surface area contributed by atoms with Gasteiger partial charge in [0.1, 0.15) is 0 Å². The number of rotatable bonds is 2. The summed E-state index contributed by atoms with van der Waals surface area (Å²) in [6, 6.07) is 0. The van der Waals surface area contributed by atoms with Gasteiger partial charge in [-0.3, -0.25) is 9.20 Å². The third-order valence-corrected chi connectivity index (χ3v) is 3.28. The van der Waals surface area contributed by atoms with Gasteiger partial charge in [0, 0.05) is 29.8 Å². The molecule has 0 spiro atoms. The quantitative estimate of drug-likeness (QED) is 0.786. The van der Waals surface area contributed by atoms with Crippen molar-refractivity contribution in [2.24, 2.45) is 7.05 Å². The van der Waals surface area contributed by atoms with Crippen LogP contribution in [0.15, 0.2) is 11.0 Å². The van der Waals surface area contributed by atoms with Gasteiger partial charge in [-0.2, -0.15) is 0 Å². The molecule has 4 nitrogen and oxygen atoms in total. The Morgan fingerprint density at radius 1 is 1.44 bits per heavy atom. The van der Waals surface area contributed by atoms with Crippen molar-refractivity contribution in [3.63, 3.8) is 0 Å². The Kier molecular flexibility index (Phi) is 2.88. The number of imidazole rings is 1. The van der Waals surface area contributed by atoms with Gasteiger partial charge >= 0.3 is 0 Å². The van der Waals surface area contributed by atoms with E-state index in [9.17, 15) is 4.79 Å². The van der Waals surface area contributed by atoms with E-state index in [0.29, 0.717) is 12.2 Å². The molecule has 0 aliphatic rings. The molecule has 0 aliphatic heterocycles. The molecule has 0 aliphatic carbocycles. The average Bonchev–Trinajstić information content (AvgIpc) is 2.52. The summed E-state index contributed by atoms with van der Waals surface area (Å²) >= 11 is 3.36. The fourth-order valence-electron chi connectivity index (χ4n) is 1.83. The fourth-order valence-corrected chi connectivity index (χ4v) is 2.23. The molecule has 0 bridgehead atoms. The number of alkyl halides is 1. The van der Waals surface area contributed by atoms with Crippen LogP contribution in [0.1, 0.15) is 17.0 Å². The second-order valence-corrected chi connectivity index (χ2v) is 4.71. The normalized spacial score (nSPS) is 11.2. The molecule has 16 heavy (non-hydrogen) atoms. The van der Waals surface area contributed by atoms with Crippen molar-refractivity contribution >= 4 is 21.7 Å². The van der Waals surface area contributed by atoms with Crippen molar-refractivity contribution < 1.29 is 0 Å². The molecule has 0 N–H and O–H groups in total. The lowest BCUT2D eigenvalue weighted by molar-refractivity contribution is 0.863. The van der Waals surface area contributed by atoms with Crippen LogP contribution in [0.2, 0.25) is 0 Å². The molecule has 2 aromatic heterocycles. The molecule has 0 aromatic carbocycles. The lowest BCUT2D eigenvalue weighted by Crippen LogP contribution is -2.21. The van der Waals surface area contributed by atoms with Gasteiger partial charge in [-0.05, 0) is 20.3 Å². The summed E-state index contributed by atoms with van der Waals surface area (Å²) < 4.78 is 3.55. The van der Waals surface area contributed by atoms with E-state index in [1.54, 1.807) is 4.40 Å². The first-order valence-corrected chi connectivity index (χ1v) is 6.28. The summed E-state index contributed by atoms with van der Waals surface area (Å²) in [5.41, 5.74) is 2.69. The van der Waals surface area contributed by atoms with Gasteiger partial charge in [0.15, 0.2) is 0 Å². The Morgan fingerprint density at radius 3 is 2.75 bits per heavy atom. The summed E-state index contributed by atoms with van der Waals surface area (Å²) in [4.78, 5) is 16.7. The van der Waals surface area contributed by atoms with E-state index in [1.165, 1.54) is 0 Å². The number of hydrogen-bond donors (Lipinski definition) is 0. The van der Waals surface area contributed by atoms with Gasteiger partial charge < -0.3 is 4.57 Å². The van der Waals surface area contributed by atoms with Crippen LogP contribution >= 0.6 is 15.9 Å². The van der Waals surface area contributed by atoms with Crippen LogP contribution in [-0.4, -0.2) is 19.3 Å². The number of aromatic nitrogens is 3. The first kappa shape index (κ1) is 11.4. The molecule has 2 heterocycles. The van der Waals surface area contributed by atoms with E-state index >= 15 is 0 Å². The van der Waals surface area contributed by atoms with Gasteiger partial charge in [-0.25, -0.2) is 4.98 Å². The number of hydrogen-bond acceptors (Lipinski definition) is 2. The van der Waals surface area contributed by atoms with Crippen molar-refractivity contribution in [3.8, 4) is 0 Å². The van der Waals surface area contributed by atoms with Gasteiger partial charge in [0.25, 0.3) is 5.56 Å². The number of nitrogens with zero attached hydrogens (tertiary/aromatic N) is 3. The lowest BCUT2D eigenvalue weighted by atomic mass is 10.2. The van der Waals surface area contributed by atoms with E-state index in [1.807, 2.05) is 31.7 Å². The highest BCUT2D eigenvalue weighted by Crippen LogP contribution is 2.08. The number of fused-ring (bicyclic) bond motifs is 1. The van der Waals surface area contributed by atoms with E-state index in [0.717, 1.165) is 22.3 Å². The molecule has 0 radical (unpaired) electrons. The van der Waals surface area contributed by atoms with Crippen LogP contribution in [0.3, 0.4) is 0 Å². The fraction of sp³-hybridized carbons (Fsp3) is 0.455. The second-order valence-electron chi connectivity index (χ2n) is 3.92. The molecular weight excluding hydrogens is 270 g/mol. The van der Waals surface area contributed by atoms with E-state index in [4.69, 9.17) is 0 Å². The van der Waals surface area contributed by atoms with Crippen molar-refractivity contribution in [1.82, 2.24) is 14.0 Å². The summed E-state index contributed by atoms with van der Waals surface area (Å²) in [6.45, 7) is 3.86. The molecular formula is C11H14BrN3O. The van der Waals surface area contributed by atoms with Crippen LogP contribution in [0.5, 0.6) is 0 Å². The third kappa shape index (κ3) is 1.59. The molecule has 0 amide bonds. The monoisotopic (exact) mass is 283 g/mol. The molecule has 5 heteroatoms. The topological polar surface area (TPSA) is 39.3 Å². The summed E-state index contributed by atoms with van der Waals surface area (Å²) in [5.74, 6) is 0.707. The molecule has 0 fully saturated rings. The predicted octanol–water partition coefficient (Wildman–Crippen LogP) is 1.59. The minimum atomic E-state index is 0.0469. The highest BCUT2D eigenvalue weighted by molar-refractivity contribution is 9.09. The van der Waals surface area contributed by atoms with Crippen LogP contribution in [0.4, 0.5) is 0 Å². The summed E-state index contributed by atoms with van der Waals surface area (Å²) in [7, 11) is 1.92. The Hall–Kier alpha value is -1.10. The third-order valence-electron chi connectivity index (χ3n) is 2.89. The van der Waals surface area contributed by atoms with Crippen molar-refractivity contribution in [2.75, 3.05) is 5.33 Å². The van der Waals surface area contributed by atoms with Crippen molar-refractivity contribution in [3.05, 3.63) is 33.5 Å². The zero-order chi connectivity index (χ0) is 11.9. The molecule has 0 atom stereocenters. The van der Waals surface area contributed by atoms with Crippen LogP contribution in [-0.2, 0) is 13.5 Å². The Morgan fingerprint density at radius 2 is 2.12 bits per heavy atom. The van der Waals surface area contributed by atoms with Gasteiger partial charge in [-0.1, -0.05) is 15.9 Å². The highest BCUT2D eigenvalue weighted by Gasteiger charge is 2.12. The van der Waals surface area contributed by atoms with Gasteiger partial charge in [0.2, 0.25) is 5.78 Å². The predicted molar refractivity (Wildman–Crippen MR) is 67.4 cm³/mol. The molecule has 0 unspecified atom stereocenters. The largest absolute Gasteiger partial charge is 0.317 e. The maximum atomic E-state index is 12.2. The first-order chi connectivity index (χ1) is 7.56. The molecule has 0 saturated heterocycles. The van der Waals surface area contributed by atoms with Crippen molar-refractivity contribution in [1.29, 1.82) is 0 Å². The van der Waals surface area contributed by atoms with E-state index < -0.39 is 0 Å². The van der Waals surface area contributed by atoms with Crippen molar-refractivity contribution in [2.45, 2.75) is 20.3 Å². The second kappa shape index (κ2) is 4.05.